The van der Waals surface area contributed by atoms with E-state index in [0.29, 0.717) is 12.6 Å². The van der Waals surface area contributed by atoms with Gasteiger partial charge in [0.05, 0.1) is 9.58 Å². The number of thiophene rings is 1. The van der Waals surface area contributed by atoms with E-state index in [4.69, 9.17) is 0 Å². The van der Waals surface area contributed by atoms with E-state index in [0.717, 1.165) is 27.9 Å². The monoisotopic (exact) mass is 316 g/mol. The fourth-order valence-corrected chi connectivity index (χ4v) is 3.32. The average Bonchev–Trinajstić information content (AvgIpc) is 3.17. The van der Waals surface area contributed by atoms with E-state index in [9.17, 15) is 4.79 Å². The summed E-state index contributed by atoms with van der Waals surface area (Å²) < 4.78 is 5.21. The summed E-state index contributed by atoms with van der Waals surface area (Å²) in [7, 11) is 0. The Kier molecular flexibility index (Phi) is 4.29. The number of carbonyl (C=O) groups excluding carboxylic acids is 1. The second-order valence-corrected chi connectivity index (χ2v) is 6.69. The minimum Gasteiger partial charge on any atom is -0.351 e. The van der Waals surface area contributed by atoms with Gasteiger partial charge in [0.2, 0.25) is 0 Å². The molecule has 0 aliphatic heterocycles. The number of carbonyl (C=O) groups is 1. The van der Waals surface area contributed by atoms with Crippen LogP contribution in [0.25, 0.3) is 10.1 Å². The van der Waals surface area contributed by atoms with Gasteiger partial charge in [0.1, 0.15) is 0 Å². The van der Waals surface area contributed by atoms with Crippen LogP contribution in [-0.4, -0.2) is 26.8 Å². The van der Waals surface area contributed by atoms with Crippen molar-refractivity contribution in [1.82, 2.24) is 19.7 Å². The van der Waals surface area contributed by atoms with Crippen molar-refractivity contribution in [2.24, 2.45) is 0 Å². The van der Waals surface area contributed by atoms with Gasteiger partial charge in [-0.3, -0.25) is 9.48 Å². The molecule has 3 rings (SSSR count). The number of fused-ring (bicyclic) bond motifs is 1. The van der Waals surface area contributed by atoms with Crippen molar-refractivity contribution in [3.8, 4) is 0 Å². The molecule has 3 aromatic heterocycles. The highest BCUT2D eigenvalue weighted by molar-refractivity contribution is 7.20. The zero-order valence-corrected chi connectivity index (χ0v) is 13.6. The molecule has 0 bridgehead atoms. The molecule has 0 unspecified atom stereocenters. The highest BCUT2D eigenvalue weighted by Gasteiger charge is 2.12. The molecule has 0 saturated carbocycles. The first-order valence-electron chi connectivity index (χ1n) is 7.50. The van der Waals surface area contributed by atoms with Crippen LogP contribution < -0.4 is 5.32 Å². The molecule has 0 aliphatic carbocycles. The molecule has 1 amide bonds. The molecular weight excluding hydrogens is 296 g/mol. The standard InChI is InChI=1S/C16H20N4OS/c1-12(2)19-10-13-9-14(22-15(13)11-19)16(21)17-5-3-7-20-8-4-6-18-20/h4,6,8-12H,3,5,7H2,1-2H3,(H,17,21). The van der Waals surface area contributed by atoms with E-state index >= 15 is 0 Å². The van der Waals surface area contributed by atoms with E-state index in [-0.39, 0.29) is 5.91 Å². The number of rotatable bonds is 6. The third kappa shape index (κ3) is 3.22. The lowest BCUT2D eigenvalue weighted by atomic mass is 10.3. The molecule has 5 nitrogen and oxygen atoms in total. The molecule has 1 N–H and O–H groups in total. The zero-order chi connectivity index (χ0) is 15.5. The van der Waals surface area contributed by atoms with Crippen LogP contribution in [0.1, 0.15) is 36.0 Å². The normalized spacial score (nSPS) is 11.4. The van der Waals surface area contributed by atoms with Gasteiger partial charge in [-0.1, -0.05) is 0 Å². The quantitative estimate of drug-likeness (QED) is 0.709. The van der Waals surface area contributed by atoms with Crippen LogP contribution in [0.2, 0.25) is 0 Å². The molecule has 0 atom stereocenters. The van der Waals surface area contributed by atoms with Crippen molar-refractivity contribution in [3.63, 3.8) is 0 Å². The molecule has 6 heteroatoms. The van der Waals surface area contributed by atoms with Gasteiger partial charge in [-0.25, -0.2) is 0 Å². The number of nitrogens with one attached hydrogen (secondary N) is 1. The fourth-order valence-electron chi connectivity index (χ4n) is 2.33. The van der Waals surface area contributed by atoms with Crippen LogP contribution in [0.3, 0.4) is 0 Å². The topological polar surface area (TPSA) is 51.9 Å². The van der Waals surface area contributed by atoms with Gasteiger partial charge in [0.25, 0.3) is 5.91 Å². The van der Waals surface area contributed by atoms with Crippen LogP contribution in [0, 0.1) is 0 Å². The Morgan fingerprint density at radius 1 is 1.41 bits per heavy atom. The predicted molar refractivity (Wildman–Crippen MR) is 89.4 cm³/mol. The van der Waals surface area contributed by atoms with E-state index in [1.165, 1.54) is 0 Å². The average molecular weight is 316 g/mol. The SMILES string of the molecule is CC(C)n1cc2cc(C(=O)NCCCn3cccn3)sc2c1. The van der Waals surface area contributed by atoms with Crippen molar-refractivity contribution in [1.29, 1.82) is 0 Å². The van der Waals surface area contributed by atoms with Crippen molar-refractivity contribution in [2.45, 2.75) is 32.9 Å². The minimum atomic E-state index is 0.0118. The molecule has 3 aromatic rings. The highest BCUT2D eigenvalue weighted by atomic mass is 32.1. The summed E-state index contributed by atoms with van der Waals surface area (Å²) in [5.74, 6) is 0.0118. The van der Waals surface area contributed by atoms with Crippen molar-refractivity contribution < 1.29 is 4.79 Å². The summed E-state index contributed by atoms with van der Waals surface area (Å²) in [5.41, 5.74) is 0. The molecule has 0 radical (unpaired) electrons. The summed E-state index contributed by atoms with van der Waals surface area (Å²) in [4.78, 5) is 12.9. The van der Waals surface area contributed by atoms with Crippen LogP contribution in [0.15, 0.2) is 36.9 Å². The number of hydrogen-bond donors (Lipinski definition) is 1. The third-order valence-electron chi connectivity index (χ3n) is 3.57. The number of nitrogens with zero attached hydrogens (tertiary/aromatic N) is 3. The Bertz CT molecular complexity index is 723. The van der Waals surface area contributed by atoms with Gasteiger partial charge in [-0.15, -0.1) is 11.3 Å². The van der Waals surface area contributed by atoms with Crippen LogP contribution in [0.5, 0.6) is 0 Å². The maximum absolute atomic E-state index is 12.2. The predicted octanol–water partition coefficient (Wildman–Crippen LogP) is 3.30. The number of aromatic nitrogens is 3. The van der Waals surface area contributed by atoms with E-state index in [1.54, 1.807) is 17.5 Å². The smallest absolute Gasteiger partial charge is 0.261 e. The summed E-state index contributed by atoms with van der Waals surface area (Å²) in [6, 6.07) is 4.32. The molecule has 0 saturated heterocycles. The van der Waals surface area contributed by atoms with Crippen LogP contribution in [0.4, 0.5) is 0 Å². The molecule has 116 valence electrons. The summed E-state index contributed by atoms with van der Waals surface area (Å²) >= 11 is 1.55. The van der Waals surface area contributed by atoms with Crippen LogP contribution in [-0.2, 0) is 6.54 Å². The highest BCUT2D eigenvalue weighted by Crippen LogP contribution is 2.27. The first-order chi connectivity index (χ1) is 10.6. The molecule has 3 heterocycles. The molecule has 0 aliphatic rings. The Labute approximate surface area is 133 Å². The van der Waals surface area contributed by atoms with Gasteiger partial charge in [0, 0.05) is 49.3 Å². The van der Waals surface area contributed by atoms with Gasteiger partial charge in [0.15, 0.2) is 0 Å². The number of amides is 1. The summed E-state index contributed by atoms with van der Waals surface area (Å²) in [6.07, 6.45) is 8.78. The lowest BCUT2D eigenvalue weighted by Crippen LogP contribution is -2.24. The first-order valence-corrected chi connectivity index (χ1v) is 8.32. The van der Waals surface area contributed by atoms with E-state index < -0.39 is 0 Å². The van der Waals surface area contributed by atoms with Crippen molar-refractivity contribution in [2.75, 3.05) is 6.54 Å². The van der Waals surface area contributed by atoms with Crippen molar-refractivity contribution in [3.05, 3.63) is 41.8 Å². The Morgan fingerprint density at radius 2 is 2.27 bits per heavy atom. The Hall–Kier alpha value is -2.08. The van der Waals surface area contributed by atoms with Crippen molar-refractivity contribution >= 4 is 27.3 Å². The molecular formula is C16H20N4OS. The van der Waals surface area contributed by atoms with E-state index in [2.05, 4.69) is 41.2 Å². The number of aryl methyl sites for hydroxylation is 1. The first kappa shape index (κ1) is 14.8. The van der Waals surface area contributed by atoms with E-state index in [1.807, 2.05) is 23.0 Å². The summed E-state index contributed by atoms with van der Waals surface area (Å²) in [6.45, 7) is 5.78. The lowest BCUT2D eigenvalue weighted by Gasteiger charge is -2.05. The van der Waals surface area contributed by atoms with Gasteiger partial charge >= 0.3 is 0 Å². The second-order valence-electron chi connectivity index (χ2n) is 5.61. The van der Waals surface area contributed by atoms with Gasteiger partial charge in [-0.2, -0.15) is 5.10 Å². The van der Waals surface area contributed by atoms with Crippen LogP contribution >= 0.6 is 11.3 Å². The third-order valence-corrected chi connectivity index (χ3v) is 4.66. The maximum atomic E-state index is 12.2. The molecule has 22 heavy (non-hydrogen) atoms. The van der Waals surface area contributed by atoms with Gasteiger partial charge < -0.3 is 9.88 Å². The zero-order valence-electron chi connectivity index (χ0n) is 12.8. The Morgan fingerprint density at radius 3 is 2.95 bits per heavy atom. The maximum Gasteiger partial charge on any atom is 0.261 e. The molecule has 0 aromatic carbocycles. The second kappa shape index (κ2) is 6.36. The minimum absolute atomic E-state index is 0.0118. The lowest BCUT2D eigenvalue weighted by molar-refractivity contribution is 0.0956. The summed E-state index contributed by atoms with van der Waals surface area (Å²) in [5, 5.41) is 8.25. The largest absolute Gasteiger partial charge is 0.351 e. The molecule has 0 spiro atoms. The van der Waals surface area contributed by atoms with Gasteiger partial charge in [-0.05, 0) is 32.4 Å². The molecule has 0 fully saturated rings. The fraction of sp³-hybridized carbons (Fsp3) is 0.375. The number of hydrogen-bond acceptors (Lipinski definition) is 3. The Balaban J connectivity index is 1.54.